The zero-order valence-corrected chi connectivity index (χ0v) is 13.5. The number of aromatic nitrogens is 5. The Bertz CT molecular complexity index is 1020. The summed E-state index contributed by atoms with van der Waals surface area (Å²) < 4.78 is 7.81. The summed E-state index contributed by atoms with van der Waals surface area (Å²) in [6, 6.07) is 7.73. The summed E-state index contributed by atoms with van der Waals surface area (Å²) in [6.45, 7) is 0. The van der Waals surface area contributed by atoms with Crippen LogP contribution in [0, 0.1) is 0 Å². The van der Waals surface area contributed by atoms with E-state index in [9.17, 15) is 0 Å². The van der Waals surface area contributed by atoms with Gasteiger partial charge in [0.2, 0.25) is 5.88 Å². The molecule has 6 nitrogen and oxygen atoms in total. The first kappa shape index (κ1) is 13.6. The van der Waals surface area contributed by atoms with Gasteiger partial charge >= 0.3 is 0 Å². The van der Waals surface area contributed by atoms with Gasteiger partial charge in [-0.3, -0.25) is 0 Å². The van der Waals surface area contributed by atoms with Crippen molar-refractivity contribution in [3.63, 3.8) is 0 Å². The maximum Gasteiger partial charge on any atom is 0.231 e. The summed E-state index contributed by atoms with van der Waals surface area (Å²) in [4.78, 5) is 15.2. The number of benzene rings is 1. The van der Waals surface area contributed by atoms with Gasteiger partial charge in [-0.1, -0.05) is 6.07 Å². The Balaban J connectivity index is 1.57. The maximum absolute atomic E-state index is 6.11. The van der Waals surface area contributed by atoms with E-state index in [0.29, 0.717) is 5.88 Å². The molecule has 1 aromatic carbocycles. The summed E-state index contributed by atoms with van der Waals surface area (Å²) in [5.74, 6) is 1.36. The van der Waals surface area contributed by atoms with Gasteiger partial charge in [0, 0.05) is 10.9 Å². The number of hydrogen-bond donors (Lipinski definition) is 0. The molecule has 0 spiro atoms. The molecule has 118 valence electrons. The van der Waals surface area contributed by atoms with E-state index in [-0.39, 0.29) is 0 Å². The number of thiophene rings is 1. The van der Waals surface area contributed by atoms with Crippen molar-refractivity contribution in [2.24, 2.45) is 0 Å². The van der Waals surface area contributed by atoms with Crippen molar-refractivity contribution in [3.05, 3.63) is 53.7 Å². The second kappa shape index (κ2) is 5.38. The minimum atomic E-state index is 0.634. The molecule has 0 unspecified atom stereocenters. The summed E-state index contributed by atoms with van der Waals surface area (Å²) in [6.07, 6.45) is 8.16. The quantitative estimate of drug-likeness (QED) is 0.573. The van der Waals surface area contributed by atoms with Crippen LogP contribution in [-0.4, -0.2) is 24.7 Å². The smallest absolute Gasteiger partial charge is 0.231 e. The molecule has 0 amide bonds. The average molecular weight is 335 g/mol. The molecule has 0 aliphatic heterocycles. The predicted octanol–water partition coefficient (Wildman–Crippen LogP) is 3.55. The van der Waals surface area contributed by atoms with Crippen molar-refractivity contribution in [1.29, 1.82) is 0 Å². The first-order valence-corrected chi connectivity index (χ1v) is 8.58. The second-order valence-corrected chi connectivity index (χ2v) is 6.74. The highest BCUT2D eigenvalue weighted by Crippen LogP contribution is 2.41. The molecule has 0 saturated carbocycles. The van der Waals surface area contributed by atoms with E-state index in [1.807, 2.05) is 24.3 Å². The zero-order valence-electron chi connectivity index (χ0n) is 12.7. The van der Waals surface area contributed by atoms with Crippen LogP contribution in [0.3, 0.4) is 0 Å². The van der Waals surface area contributed by atoms with Gasteiger partial charge in [-0.05, 0) is 37.0 Å². The fourth-order valence-electron chi connectivity index (χ4n) is 3.12. The van der Waals surface area contributed by atoms with Crippen LogP contribution in [0.5, 0.6) is 11.6 Å². The summed E-state index contributed by atoms with van der Waals surface area (Å²) in [5.41, 5.74) is 2.25. The van der Waals surface area contributed by atoms with Crippen LogP contribution in [0.2, 0.25) is 0 Å². The molecule has 7 heteroatoms. The van der Waals surface area contributed by atoms with Crippen LogP contribution in [0.25, 0.3) is 15.9 Å². The fourth-order valence-corrected chi connectivity index (χ4v) is 4.34. The summed E-state index contributed by atoms with van der Waals surface area (Å²) in [5, 5.41) is 5.22. The molecule has 4 aromatic rings. The lowest BCUT2D eigenvalue weighted by atomic mass is 10.2. The Morgan fingerprint density at radius 2 is 2.12 bits per heavy atom. The number of aryl methyl sites for hydroxylation is 2. The molecule has 0 fully saturated rings. The first-order valence-electron chi connectivity index (χ1n) is 7.76. The third-order valence-electron chi connectivity index (χ3n) is 4.18. The van der Waals surface area contributed by atoms with Crippen LogP contribution in [0.1, 0.15) is 16.9 Å². The third kappa shape index (κ3) is 2.16. The van der Waals surface area contributed by atoms with Crippen molar-refractivity contribution in [3.8, 4) is 17.3 Å². The highest BCUT2D eigenvalue weighted by molar-refractivity contribution is 7.18. The van der Waals surface area contributed by atoms with E-state index in [1.165, 1.54) is 23.2 Å². The minimum Gasteiger partial charge on any atom is -0.438 e. The summed E-state index contributed by atoms with van der Waals surface area (Å²) in [7, 11) is 0. The first-order chi connectivity index (χ1) is 11.9. The van der Waals surface area contributed by atoms with E-state index < -0.39 is 0 Å². The Labute approximate surface area is 141 Å². The average Bonchev–Trinajstić information content (AvgIpc) is 3.32. The van der Waals surface area contributed by atoms with Gasteiger partial charge in [0.25, 0.3) is 0 Å². The number of ether oxygens (including phenoxy) is 1. The van der Waals surface area contributed by atoms with Crippen molar-refractivity contribution in [1.82, 2.24) is 24.7 Å². The number of hydrogen-bond acceptors (Lipinski definition) is 6. The monoisotopic (exact) mass is 335 g/mol. The highest BCUT2D eigenvalue weighted by atomic mass is 32.1. The van der Waals surface area contributed by atoms with Gasteiger partial charge < -0.3 is 4.74 Å². The van der Waals surface area contributed by atoms with E-state index >= 15 is 0 Å². The Morgan fingerprint density at radius 1 is 1.12 bits per heavy atom. The zero-order chi connectivity index (χ0) is 15.9. The van der Waals surface area contributed by atoms with Crippen LogP contribution in [0.4, 0.5) is 0 Å². The van der Waals surface area contributed by atoms with Crippen molar-refractivity contribution >= 4 is 21.6 Å². The number of rotatable bonds is 3. The Morgan fingerprint density at radius 3 is 3.04 bits per heavy atom. The Kier molecular flexibility index (Phi) is 3.05. The SMILES string of the molecule is c1cc(Oc2ncnc3sc4c(c23)CCC4)cc(-n2cncn2)c1. The van der Waals surface area contributed by atoms with E-state index in [2.05, 4.69) is 20.1 Å². The molecule has 0 saturated heterocycles. The molecule has 24 heavy (non-hydrogen) atoms. The lowest BCUT2D eigenvalue weighted by Crippen LogP contribution is -1.96. The normalized spacial score (nSPS) is 13.3. The van der Waals surface area contributed by atoms with Gasteiger partial charge in [-0.25, -0.2) is 19.6 Å². The molecule has 3 heterocycles. The number of fused-ring (bicyclic) bond motifs is 3. The lowest BCUT2D eigenvalue weighted by molar-refractivity contribution is 0.467. The molecule has 0 bridgehead atoms. The van der Waals surface area contributed by atoms with Gasteiger partial charge in [0.1, 0.15) is 29.6 Å². The van der Waals surface area contributed by atoms with Gasteiger partial charge in [0.05, 0.1) is 11.1 Å². The molecule has 0 atom stereocenters. The lowest BCUT2D eigenvalue weighted by Gasteiger charge is -2.08. The van der Waals surface area contributed by atoms with Crippen LogP contribution < -0.4 is 4.74 Å². The standard InChI is InChI=1S/C17H13N5OS/c1-3-11(22-10-18-8-21-22)7-12(4-1)23-16-15-13-5-2-6-14(13)24-17(15)20-9-19-16/h1,3-4,7-10H,2,5-6H2. The molecular weight excluding hydrogens is 322 g/mol. The molecule has 1 aliphatic rings. The molecule has 3 aromatic heterocycles. The summed E-state index contributed by atoms with van der Waals surface area (Å²) >= 11 is 1.76. The Hall–Kier alpha value is -2.80. The number of nitrogens with zero attached hydrogens (tertiary/aromatic N) is 5. The fraction of sp³-hybridized carbons (Fsp3) is 0.176. The molecule has 0 N–H and O–H groups in total. The molecule has 5 rings (SSSR count). The van der Waals surface area contributed by atoms with Crippen LogP contribution in [-0.2, 0) is 12.8 Å². The van der Waals surface area contributed by atoms with Crippen LogP contribution >= 0.6 is 11.3 Å². The molecule has 0 radical (unpaired) electrons. The van der Waals surface area contributed by atoms with Gasteiger partial charge in [-0.15, -0.1) is 11.3 Å². The van der Waals surface area contributed by atoms with Crippen molar-refractivity contribution in [2.75, 3.05) is 0 Å². The van der Waals surface area contributed by atoms with Gasteiger partial charge in [-0.2, -0.15) is 5.10 Å². The predicted molar refractivity (Wildman–Crippen MR) is 90.9 cm³/mol. The van der Waals surface area contributed by atoms with Crippen LogP contribution in [0.15, 0.2) is 43.2 Å². The molecule has 1 aliphatic carbocycles. The van der Waals surface area contributed by atoms with Gasteiger partial charge in [0.15, 0.2) is 0 Å². The van der Waals surface area contributed by atoms with Crippen molar-refractivity contribution < 1.29 is 4.74 Å². The third-order valence-corrected chi connectivity index (χ3v) is 5.38. The maximum atomic E-state index is 6.11. The van der Waals surface area contributed by atoms with E-state index in [0.717, 1.165) is 34.5 Å². The largest absolute Gasteiger partial charge is 0.438 e. The van der Waals surface area contributed by atoms with Crippen molar-refractivity contribution in [2.45, 2.75) is 19.3 Å². The van der Waals surface area contributed by atoms with E-state index in [4.69, 9.17) is 4.74 Å². The second-order valence-electron chi connectivity index (χ2n) is 5.66. The topological polar surface area (TPSA) is 65.7 Å². The minimum absolute atomic E-state index is 0.634. The molecular formula is C17H13N5OS. The highest BCUT2D eigenvalue weighted by Gasteiger charge is 2.22. The van der Waals surface area contributed by atoms with E-state index in [1.54, 1.807) is 28.7 Å².